The van der Waals surface area contributed by atoms with Gasteiger partial charge in [0, 0.05) is 11.3 Å². The van der Waals surface area contributed by atoms with Crippen LogP contribution in [0.25, 0.3) is 11.1 Å². The Kier molecular flexibility index (Phi) is 4.83. The van der Waals surface area contributed by atoms with Gasteiger partial charge in [0.25, 0.3) is 5.88 Å². The Labute approximate surface area is 155 Å². The van der Waals surface area contributed by atoms with Gasteiger partial charge in [0.1, 0.15) is 5.52 Å². The van der Waals surface area contributed by atoms with Crippen molar-refractivity contribution in [3.8, 4) is 5.88 Å². The van der Waals surface area contributed by atoms with Crippen LogP contribution in [0.3, 0.4) is 0 Å². The van der Waals surface area contributed by atoms with Crippen LogP contribution in [0.1, 0.15) is 24.1 Å². The molecule has 9 nitrogen and oxygen atoms in total. The Morgan fingerprint density at radius 3 is 2.63 bits per heavy atom. The van der Waals surface area contributed by atoms with Gasteiger partial charge in [-0.25, -0.2) is 18.4 Å². The maximum absolute atomic E-state index is 12.0. The highest BCUT2D eigenvalue weighted by Crippen LogP contribution is 2.30. The molecule has 0 saturated heterocycles. The minimum Gasteiger partial charge on any atom is -0.463 e. The van der Waals surface area contributed by atoms with Gasteiger partial charge in [-0.15, -0.1) is 0 Å². The fourth-order valence-electron chi connectivity index (χ4n) is 2.63. The highest BCUT2D eigenvalue weighted by molar-refractivity contribution is 7.91. The standard InChI is InChI=1S/C17H17N3O6S/c1-4-27(23,24)12-5-6-14-13(8-12)19-15(26-14)9-25-17-16(20(21)22)10(2)7-11(3)18-17/h5-8H,4,9H2,1-3H3. The van der Waals surface area contributed by atoms with Crippen molar-refractivity contribution in [3.63, 3.8) is 0 Å². The fourth-order valence-corrected chi connectivity index (χ4v) is 3.53. The third-order valence-electron chi connectivity index (χ3n) is 3.94. The first-order valence-corrected chi connectivity index (χ1v) is 9.74. The maximum Gasteiger partial charge on any atom is 0.333 e. The molecule has 0 radical (unpaired) electrons. The third kappa shape index (κ3) is 3.75. The number of benzene rings is 1. The Hall–Kier alpha value is -3.01. The van der Waals surface area contributed by atoms with Crippen LogP contribution < -0.4 is 4.74 Å². The molecule has 0 spiro atoms. The molecule has 0 saturated carbocycles. The molecule has 1 aromatic carbocycles. The monoisotopic (exact) mass is 391 g/mol. The van der Waals surface area contributed by atoms with Crippen LogP contribution in [-0.2, 0) is 16.4 Å². The van der Waals surface area contributed by atoms with Crippen LogP contribution in [0.15, 0.2) is 33.6 Å². The van der Waals surface area contributed by atoms with Gasteiger partial charge in [-0.3, -0.25) is 10.1 Å². The molecule has 2 heterocycles. The fraction of sp³-hybridized carbons (Fsp3) is 0.294. The van der Waals surface area contributed by atoms with Gasteiger partial charge in [-0.05, 0) is 38.1 Å². The molecular formula is C17H17N3O6S. The number of hydrogen-bond donors (Lipinski definition) is 0. The summed E-state index contributed by atoms with van der Waals surface area (Å²) in [5, 5.41) is 11.3. The van der Waals surface area contributed by atoms with Crippen LogP contribution >= 0.6 is 0 Å². The quantitative estimate of drug-likeness (QED) is 0.463. The van der Waals surface area contributed by atoms with Crippen molar-refractivity contribution in [2.75, 3.05) is 5.75 Å². The lowest BCUT2D eigenvalue weighted by atomic mass is 10.2. The molecule has 0 aliphatic rings. The van der Waals surface area contributed by atoms with E-state index in [9.17, 15) is 18.5 Å². The number of pyridine rings is 1. The van der Waals surface area contributed by atoms with E-state index in [4.69, 9.17) is 9.15 Å². The smallest absolute Gasteiger partial charge is 0.333 e. The molecule has 0 fully saturated rings. The number of fused-ring (bicyclic) bond motifs is 1. The zero-order valence-electron chi connectivity index (χ0n) is 14.9. The number of hydrogen-bond acceptors (Lipinski definition) is 8. The Morgan fingerprint density at radius 2 is 1.96 bits per heavy atom. The molecular weight excluding hydrogens is 374 g/mol. The number of nitrogens with zero attached hydrogens (tertiary/aromatic N) is 3. The molecule has 0 atom stereocenters. The van der Waals surface area contributed by atoms with E-state index in [1.54, 1.807) is 26.8 Å². The number of ether oxygens (including phenoxy) is 1. The molecule has 3 aromatic rings. The molecule has 0 N–H and O–H groups in total. The van der Waals surface area contributed by atoms with E-state index in [-0.39, 0.29) is 34.7 Å². The lowest BCUT2D eigenvalue weighted by Gasteiger charge is -2.06. The number of aryl methyl sites for hydroxylation is 2. The van der Waals surface area contributed by atoms with E-state index in [0.717, 1.165) is 0 Å². The van der Waals surface area contributed by atoms with E-state index in [2.05, 4.69) is 9.97 Å². The van der Waals surface area contributed by atoms with Crippen molar-refractivity contribution in [3.05, 3.63) is 51.5 Å². The molecule has 0 aliphatic carbocycles. The molecule has 2 aromatic heterocycles. The van der Waals surface area contributed by atoms with Crippen molar-refractivity contribution in [1.29, 1.82) is 0 Å². The minimum absolute atomic E-state index is 0.0195. The second-order valence-electron chi connectivity index (χ2n) is 5.92. The van der Waals surface area contributed by atoms with E-state index >= 15 is 0 Å². The molecule has 0 bridgehead atoms. The molecule has 0 aliphatic heterocycles. The van der Waals surface area contributed by atoms with Gasteiger partial charge >= 0.3 is 5.69 Å². The van der Waals surface area contributed by atoms with Crippen LogP contribution in [0, 0.1) is 24.0 Å². The average Bonchev–Trinajstić information content (AvgIpc) is 3.01. The summed E-state index contributed by atoms with van der Waals surface area (Å²) in [5.41, 5.74) is 1.57. The predicted octanol–water partition coefficient (Wildman–Crippen LogP) is 3.12. The molecule has 0 amide bonds. The van der Waals surface area contributed by atoms with E-state index in [0.29, 0.717) is 22.4 Å². The highest BCUT2D eigenvalue weighted by atomic mass is 32.2. The Balaban J connectivity index is 1.89. The second-order valence-corrected chi connectivity index (χ2v) is 8.20. The summed E-state index contributed by atoms with van der Waals surface area (Å²) in [6.45, 7) is 4.69. The van der Waals surface area contributed by atoms with Gasteiger partial charge in [0.2, 0.25) is 5.89 Å². The summed E-state index contributed by atoms with van der Waals surface area (Å²) in [5.74, 6) is 0.0225. The first kappa shape index (κ1) is 18.8. The van der Waals surface area contributed by atoms with Crippen LogP contribution in [-0.4, -0.2) is 29.1 Å². The molecule has 142 valence electrons. The van der Waals surface area contributed by atoms with E-state index in [1.165, 1.54) is 18.2 Å². The SMILES string of the molecule is CCS(=O)(=O)c1ccc2oc(COc3nc(C)cc(C)c3[N+](=O)[O-])nc2c1. The van der Waals surface area contributed by atoms with Crippen LogP contribution in [0.4, 0.5) is 5.69 Å². The summed E-state index contributed by atoms with van der Waals surface area (Å²) in [6.07, 6.45) is 0. The first-order valence-electron chi connectivity index (χ1n) is 8.09. The Morgan fingerprint density at radius 1 is 1.22 bits per heavy atom. The van der Waals surface area contributed by atoms with Crippen LogP contribution in [0.2, 0.25) is 0 Å². The minimum atomic E-state index is -3.36. The van der Waals surface area contributed by atoms with Crippen molar-refractivity contribution in [2.24, 2.45) is 0 Å². The molecule has 10 heteroatoms. The number of aromatic nitrogens is 2. The van der Waals surface area contributed by atoms with Gasteiger partial charge in [0.05, 0.1) is 15.6 Å². The maximum atomic E-state index is 12.0. The number of nitro groups is 1. The summed E-state index contributed by atoms with van der Waals surface area (Å²) < 4.78 is 34.9. The highest BCUT2D eigenvalue weighted by Gasteiger charge is 2.22. The number of sulfone groups is 1. The normalized spacial score (nSPS) is 11.7. The van der Waals surface area contributed by atoms with Crippen molar-refractivity contribution < 1.29 is 22.5 Å². The van der Waals surface area contributed by atoms with Gasteiger partial charge in [-0.2, -0.15) is 0 Å². The summed E-state index contributed by atoms with van der Waals surface area (Å²) in [7, 11) is -3.36. The van der Waals surface area contributed by atoms with Gasteiger partial charge < -0.3 is 9.15 Å². The number of oxazole rings is 1. The largest absolute Gasteiger partial charge is 0.463 e. The van der Waals surface area contributed by atoms with Crippen molar-refractivity contribution >= 4 is 26.6 Å². The van der Waals surface area contributed by atoms with Crippen molar-refractivity contribution in [2.45, 2.75) is 32.3 Å². The molecule has 27 heavy (non-hydrogen) atoms. The summed E-state index contributed by atoms with van der Waals surface area (Å²) in [4.78, 5) is 19.1. The number of rotatable bonds is 6. The lowest BCUT2D eigenvalue weighted by molar-refractivity contribution is -0.386. The van der Waals surface area contributed by atoms with Crippen molar-refractivity contribution in [1.82, 2.24) is 9.97 Å². The topological polar surface area (TPSA) is 125 Å². The second kappa shape index (κ2) is 6.95. The zero-order chi connectivity index (χ0) is 19.8. The summed E-state index contributed by atoms with van der Waals surface area (Å²) >= 11 is 0. The molecule has 0 unspecified atom stereocenters. The molecule has 3 rings (SSSR count). The first-order chi connectivity index (χ1) is 12.7. The van der Waals surface area contributed by atoms with E-state index in [1.807, 2.05) is 0 Å². The summed E-state index contributed by atoms with van der Waals surface area (Å²) in [6, 6.07) is 6.00. The van der Waals surface area contributed by atoms with Crippen LogP contribution in [0.5, 0.6) is 5.88 Å². The average molecular weight is 391 g/mol. The van der Waals surface area contributed by atoms with E-state index < -0.39 is 14.8 Å². The zero-order valence-corrected chi connectivity index (χ0v) is 15.7. The predicted molar refractivity (Wildman–Crippen MR) is 96.4 cm³/mol. The van der Waals surface area contributed by atoms with Gasteiger partial charge in [0.15, 0.2) is 22.0 Å². The Bertz CT molecular complexity index is 1140. The third-order valence-corrected chi connectivity index (χ3v) is 5.67. The lowest BCUT2D eigenvalue weighted by Crippen LogP contribution is -2.04. The van der Waals surface area contributed by atoms with Gasteiger partial charge in [-0.1, -0.05) is 6.92 Å².